The summed E-state index contributed by atoms with van der Waals surface area (Å²) in [5, 5.41) is 42.9. The first-order valence-corrected chi connectivity index (χ1v) is 6.72. The number of carboxylic acids is 1. The SMILES string of the molecule is N=C(N)NCCC[C@H](Nc1ccc([N+](=O)[O-])cc1[N+](=O)[O-])C(=O)O. The molecule has 0 aliphatic rings. The Labute approximate surface area is 135 Å². The molecule has 24 heavy (non-hydrogen) atoms. The molecule has 0 amide bonds. The fourth-order valence-electron chi connectivity index (χ4n) is 1.88. The zero-order chi connectivity index (χ0) is 18.3. The Morgan fingerprint density at radius 2 is 2.00 bits per heavy atom. The lowest BCUT2D eigenvalue weighted by atomic mass is 10.1. The molecule has 12 heteroatoms. The van der Waals surface area contributed by atoms with Crippen LogP contribution in [0.3, 0.4) is 0 Å². The molecule has 0 heterocycles. The second-order valence-corrected chi connectivity index (χ2v) is 4.73. The summed E-state index contributed by atoms with van der Waals surface area (Å²) >= 11 is 0. The number of aliphatic carboxylic acids is 1. The average Bonchev–Trinajstić information content (AvgIpc) is 2.49. The molecule has 0 saturated carbocycles. The van der Waals surface area contributed by atoms with Crippen molar-refractivity contribution in [2.75, 3.05) is 11.9 Å². The molecule has 0 unspecified atom stereocenters. The maximum Gasteiger partial charge on any atom is 0.326 e. The van der Waals surface area contributed by atoms with E-state index in [0.717, 1.165) is 18.2 Å². The van der Waals surface area contributed by atoms with Crippen LogP contribution in [0.1, 0.15) is 12.8 Å². The van der Waals surface area contributed by atoms with Crippen LogP contribution in [-0.2, 0) is 4.79 Å². The molecule has 0 saturated heterocycles. The highest BCUT2D eigenvalue weighted by Crippen LogP contribution is 2.29. The number of nitrogens with zero attached hydrogens (tertiary/aromatic N) is 2. The zero-order valence-electron chi connectivity index (χ0n) is 12.4. The lowest BCUT2D eigenvalue weighted by Gasteiger charge is -2.16. The maximum absolute atomic E-state index is 11.3. The van der Waals surface area contributed by atoms with Gasteiger partial charge in [0.15, 0.2) is 5.96 Å². The van der Waals surface area contributed by atoms with E-state index in [1.165, 1.54) is 0 Å². The summed E-state index contributed by atoms with van der Waals surface area (Å²) in [6, 6.07) is 1.77. The van der Waals surface area contributed by atoms with Gasteiger partial charge in [-0.3, -0.25) is 25.6 Å². The standard InChI is InChI=1S/C12H16N6O6/c13-12(14)15-5-1-2-9(11(19)20)16-8-4-3-7(17(21)22)6-10(8)18(23)24/h3-4,6,9,16H,1-2,5H2,(H,19,20)(H4,13,14,15)/t9-/m0/s1. The van der Waals surface area contributed by atoms with Crippen LogP contribution in [0.4, 0.5) is 17.1 Å². The van der Waals surface area contributed by atoms with Crippen molar-refractivity contribution in [2.24, 2.45) is 5.73 Å². The van der Waals surface area contributed by atoms with Crippen molar-refractivity contribution in [3.8, 4) is 0 Å². The van der Waals surface area contributed by atoms with Crippen molar-refractivity contribution in [1.82, 2.24) is 5.32 Å². The predicted molar refractivity (Wildman–Crippen MR) is 83.9 cm³/mol. The van der Waals surface area contributed by atoms with Gasteiger partial charge in [-0.2, -0.15) is 0 Å². The van der Waals surface area contributed by atoms with E-state index in [1.54, 1.807) is 0 Å². The molecule has 0 bridgehead atoms. The topological polar surface area (TPSA) is 198 Å². The van der Waals surface area contributed by atoms with Crippen molar-refractivity contribution >= 4 is 29.0 Å². The highest BCUT2D eigenvalue weighted by atomic mass is 16.6. The molecule has 0 fully saturated rings. The van der Waals surface area contributed by atoms with Crippen LogP contribution >= 0.6 is 0 Å². The van der Waals surface area contributed by atoms with Gasteiger partial charge in [-0.05, 0) is 18.9 Å². The summed E-state index contributed by atoms with van der Waals surface area (Å²) in [6.45, 7) is 0.267. The van der Waals surface area contributed by atoms with Crippen LogP contribution in [0, 0.1) is 25.6 Å². The van der Waals surface area contributed by atoms with Crippen LogP contribution in [0.2, 0.25) is 0 Å². The number of nitrogens with one attached hydrogen (secondary N) is 3. The molecule has 1 aromatic carbocycles. The number of nitrogens with two attached hydrogens (primary N) is 1. The van der Waals surface area contributed by atoms with E-state index < -0.39 is 33.2 Å². The van der Waals surface area contributed by atoms with Gasteiger partial charge in [-0.25, -0.2) is 4.79 Å². The van der Waals surface area contributed by atoms with Crippen LogP contribution in [0.25, 0.3) is 0 Å². The Balaban J connectivity index is 2.89. The smallest absolute Gasteiger partial charge is 0.326 e. The molecule has 0 aliphatic carbocycles. The Morgan fingerprint density at radius 3 is 2.50 bits per heavy atom. The third kappa shape index (κ3) is 5.40. The highest BCUT2D eigenvalue weighted by Gasteiger charge is 2.24. The van der Waals surface area contributed by atoms with Gasteiger partial charge < -0.3 is 21.5 Å². The number of benzene rings is 1. The fourth-order valence-corrected chi connectivity index (χ4v) is 1.88. The first kappa shape index (κ1) is 18.6. The zero-order valence-corrected chi connectivity index (χ0v) is 12.4. The Bertz CT molecular complexity index is 663. The second kappa shape index (κ2) is 8.26. The minimum atomic E-state index is -1.23. The molecule has 6 N–H and O–H groups in total. The van der Waals surface area contributed by atoms with Crippen molar-refractivity contribution in [2.45, 2.75) is 18.9 Å². The maximum atomic E-state index is 11.3. The second-order valence-electron chi connectivity index (χ2n) is 4.73. The van der Waals surface area contributed by atoms with Gasteiger partial charge in [0.1, 0.15) is 11.7 Å². The molecule has 0 radical (unpaired) electrons. The van der Waals surface area contributed by atoms with Crippen molar-refractivity contribution in [3.63, 3.8) is 0 Å². The van der Waals surface area contributed by atoms with E-state index in [0.29, 0.717) is 6.42 Å². The Hall–Kier alpha value is -3.44. The summed E-state index contributed by atoms with van der Waals surface area (Å²) in [4.78, 5) is 31.4. The molecule has 0 aromatic heterocycles. The summed E-state index contributed by atoms with van der Waals surface area (Å²) in [5.74, 6) is -1.48. The molecule has 130 valence electrons. The first-order chi connectivity index (χ1) is 11.2. The van der Waals surface area contributed by atoms with Gasteiger partial charge in [-0.1, -0.05) is 0 Å². The number of nitro benzene ring substituents is 2. The van der Waals surface area contributed by atoms with E-state index in [4.69, 9.17) is 11.1 Å². The Morgan fingerprint density at radius 1 is 1.33 bits per heavy atom. The lowest BCUT2D eigenvalue weighted by molar-refractivity contribution is -0.393. The quantitative estimate of drug-likeness (QED) is 0.141. The monoisotopic (exact) mass is 340 g/mol. The molecule has 0 aliphatic heterocycles. The van der Waals surface area contributed by atoms with Gasteiger partial charge in [0.05, 0.1) is 15.9 Å². The molecule has 1 rings (SSSR count). The van der Waals surface area contributed by atoms with Crippen LogP contribution in [0.15, 0.2) is 18.2 Å². The largest absolute Gasteiger partial charge is 0.480 e. The third-order valence-electron chi connectivity index (χ3n) is 3.00. The van der Waals surface area contributed by atoms with E-state index in [-0.39, 0.29) is 24.6 Å². The number of anilines is 1. The van der Waals surface area contributed by atoms with Crippen molar-refractivity contribution < 1.29 is 19.7 Å². The van der Waals surface area contributed by atoms with Gasteiger partial charge in [-0.15, -0.1) is 0 Å². The highest BCUT2D eigenvalue weighted by molar-refractivity contribution is 5.79. The average molecular weight is 340 g/mol. The summed E-state index contributed by atoms with van der Waals surface area (Å²) in [5.41, 5.74) is 3.91. The van der Waals surface area contributed by atoms with Gasteiger partial charge >= 0.3 is 5.97 Å². The third-order valence-corrected chi connectivity index (χ3v) is 3.00. The van der Waals surface area contributed by atoms with Crippen LogP contribution < -0.4 is 16.4 Å². The summed E-state index contributed by atoms with van der Waals surface area (Å²) in [6.07, 6.45) is 0.439. The number of carbonyl (C=O) groups is 1. The normalized spacial score (nSPS) is 11.3. The molecule has 1 aromatic rings. The number of nitro groups is 2. The van der Waals surface area contributed by atoms with Crippen molar-refractivity contribution in [1.29, 1.82) is 5.41 Å². The number of rotatable bonds is 9. The summed E-state index contributed by atoms with van der Waals surface area (Å²) in [7, 11) is 0. The van der Waals surface area contributed by atoms with E-state index in [1.807, 2.05) is 0 Å². The van der Waals surface area contributed by atoms with Gasteiger partial charge in [0.2, 0.25) is 0 Å². The number of guanidine groups is 1. The molecule has 1 atom stereocenters. The van der Waals surface area contributed by atoms with E-state index in [2.05, 4.69) is 10.6 Å². The number of carboxylic acid groups (broad SMARTS) is 1. The predicted octanol–water partition coefficient (Wildman–Crippen LogP) is 0.631. The van der Waals surface area contributed by atoms with Gasteiger partial charge in [0, 0.05) is 12.6 Å². The van der Waals surface area contributed by atoms with Crippen molar-refractivity contribution in [3.05, 3.63) is 38.4 Å². The van der Waals surface area contributed by atoms with Gasteiger partial charge in [0.25, 0.3) is 11.4 Å². The Kier molecular flexibility index (Phi) is 6.40. The number of hydrogen-bond acceptors (Lipinski definition) is 7. The molecule has 0 spiro atoms. The fraction of sp³-hybridized carbons (Fsp3) is 0.333. The number of hydrogen-bond donors (Lipinski definition) is 5. The first-order valence-electron chi connectivity index (χ1n) is 6.72. The lowest BCUT2D eigenvalue weighted by Crippen LogP contribution is -2.33. The minimum Gasteiger partial charge on any atom is -0.480 e. The van der Waals surface area contributed by atoms with Crippen LogP contribution in [-0.4, -0.2) is 39.5 Å². The summed E-state index contributed by atoms with van der Waals surface area (Å²) < 4.78 is 0. The van der Waals surface area contributed by atoms with E-state index >= 15 is 0 Å². The molecule has 12 nitrogen and oxygen atoms in total. The minimum absolute atomic E-state index is 0.101. The van der Waals surface area contributed by atoms with E-state index in [9.17, 15) is 30.1 Å². The number of non-ortho nitro benzene ring substituents is 1. The molecular formula is C12H16N6O6. The molecular weight excluding hydrogens is 324 g/mol. The van der Waals surface area contributed by atoms with Crippen LogP contribution in [0.5, 0.6) is 0 Å².